The fourth-order valence-corrected chi connectivity index (χ4v) is 2.64. The third-order valence-corrected chi connectivity index (χ3v) is 4.61. The van der Waals surface area contributed by atoms with Crippen LogP contribution in [0.15, 0.2) is 0 Å². The molecule has 1 saturated carbocycles. The Morgan fingerprint density at radius 2 is 2.13 bits per heavy atom. The second-order valence-electron chi connectivity index (χ2n) is 4.16. The van der Waals surface area contributed by atoms with Crippen LogP contribution in [0.4, 0.5) is 0 Å². The average Bonchev–Trinajstić information content (AvgIpc) is 2.59. The molecule has 0 spiro atoms. The number of ether oxygens (including phenoxy) is 1. The Labute approximate surface area is 92.1 Å². The van der Waals surface area contributed by atoms with Crippen LogP contribution in [0.1, 0.15) is 32.6 Å². The first-order chi connectivity index (χ1) is 7.03. The molecule has 2 unspecified atom stereocenters. The molecule has 2 atom stereocenters. The highest BCUT2D eigenvalue weighted by atomic mass is 32.2. The van der Waals surface area contributed by atoms with Crippen molar-refractivity contribution < 1.29 is 13.2 Å². The zero-order chi connectivity index (χ0) is 11.3. The summed E-state index contributed by atoms with van der Waals surface area (Å²) in [6.45, 7) is 2.21. The molecule has 0 aromatic rings. The van der Waals surface area contributed by atoms with E-state index in [2.05, 4.69) is 0 Å². The first-order valence-electron chi connectivity index (χ1n) is 5.61. The van der Waals surface area contributed by atoms with Crippen molar-refractivity contribution in [3.05, 3.63) is 0 Å². The summed E-state index contributed by atoms with van der Waals surface area (Å²) in [5.41, 5.74) is 5.74. The van der Waals surface area contributed by atoms with Crippen LogP contribution in [0, 0.1) is 0 Å². The number of sulfone groups is 1. The quantitative estimate of drug-likeness (QED) is 0.688. The molecule has 0 bridgehead atoms. The molecule has 0 amide bonds. The van der Waals surface area contributed by atoms with E-state index in [9.17, 15) is 8.42 Å². The van der Waals surface area contributed by atoms with Crippen LogP contribution in [-0.4, -0.2) is 38.7 Å². The van der Waals surface area contributed by atoms with Crippen LogP contribution in [-0.2, 0) is 14.6 Å². The number of rotatable bonds is 6. The van der Waals surface area contributed by atoms with Gasteiger partial charge in [-0.1, -0.05) is 6.92 Å². The van der Waals surface area contributed by atoms with Gasteiger partial charge in [-0.3, -0.25) is 0 Å². The highest BCUT2D eigenvalue weighted by Gasteiger charge is 2.21. The minimum atomic E-state index is -2.83. The third-order valence-electron chi connectivity index (χ3n) is 2.82. The van der Waals surface area contributed by atoms with Crippen LogP contribution < -0.4 is 5.73 Å². The third kappa shape index (κ3) is 4.95. The predicted octanol–water partition coefficient (Wildman–Crippen LogP) is 0.708. The summed E-state index contributed by atoms with van der Waals surface area (Å²) >= 11 is 0. The van der Waals surface area contributed by atoms with Gasteiger partial charge in [0.2, 0.25) is 0 Å². The first kappa shape index (κ1) is 12.9. The Hall–Kier alpha value is -0.130. The molecule has 4 nitrogen and oxygen atoms in total. The molecule has 0 radical (unpaired) electrons. The molecule has 90 valence electrons. The van der Waals surface area contributed by atoms with Crippen LogP contribution in [0.3, 0.4) is 0 Å². The van der Waals surface area contributed by atoms with Gasteiger partial charge in [-0.2, -0.15) is 0 Å². The van der Waals surface area contributed by atoms with E-state index >= 15 is 0 Å². The van der Waals surface area contributed by atoms with Crippen LogP contribution in [0.2, 0.25) is 0 Å². The van der Waals surface area contributed by atoms with Crippen LogP contribution in [0.5, 0.6) is 0 Å². The SMILES string of the molecule is CCS(=O)(=O)CCCOC1CCC(N)C1. The van der Waals surface area contributed by atoms with Crippen molar-refractivity contribution in [1.29, 1.82) is 0 Å². The van der Waals surface area contributed by atoms with E-state index in [1.54, 1.807) is 6.92 Å². The van der Waals surface area contributed by atoms with E-state index in [1.165, 1.54) is 0 Å². The zero-order valence-corrected chi connectivity index (χ0v) is 10.1. The van der Waals surface area contributed by atoms with E-state index < -0.39 is 9.84 Å². The standard InChI is InChI=1S/C10H21NO3S/c1-2-15(12,13)7-3-6-14-10-5-4-9(11)8-10/h9-10H,2-8,11H2,1H3. The molecule has 5 heteroatoms. The van der Waals surface area contributed by atoms with Gasteiger partial charge < -0.3 is 10.5 Å². The van der Waals surface area contributed by atoms with Crippen molar-refractivity contribution in [1.82, 2.24) is 0 Å². The number of nitrogens with two attached hydrogens (primary N) is 1. The highest BCUT2D eigenvalue weighted by molar-refractivity contribution is 7.91. The summed E-state index contributed by atoms with van der Waals surface area (Å²) in [6, 6.07) is 0.273. The summed E-state index contributed by atoms with van der Waals surface area (Å²) in [5, 5.41) is 0. The van der Waals surface area contributed by atoms with E-state index in [0.29, 0.717) is 13.0 Å². The van der Waals surface area contributed by atoms with Crippen molar-refractivity contribution in [2.24, 2.45) is 5.73 Å². The topological polar surface area (TPSA) is 69.4 Å². The lowest BCUT2D eigenvalue weighted by Gasteiger charge is -2.11. The van der Waals surface area contributed by atoms with Gasteiger partial charge >= 0.3 is 0 Å². The first-order valence-corrected chi connectivity index (χ1v) is 7.43. The molecular formula is C10H21NO3S. The van der Waals surface area contributed by atoms with Crippen molar-refractivity contribution >= 4 is 9.84 Å². The lowest BCUT2D eigenvalue weighted by molar-refractivity contribution is 0.0583. The molecule has 0 aromatic carbocycles. The summed E-state index contributed by atoms with van der Waals surface area (Å²) < 4.78 is 27.9. The van der Waals surface area contributed by atoms with Crippen molar-refractivity contribution in [2.75, 3.05) is 18.1 Å². The normalized spacial score (nSPS) is 27.1. The second-order valence-corrected chi connectivity index (χ2v) is 6.63. The van der Waals surface area contributed by atoms with Gasteiger partial charge in [0.1, 0.15) is 9.84 Å². The molecule has 1 aliphatic rings. The van der Waals surface area contributed by atoms with Crippen molar-refractivity contribution in [2.45, 2.75) is 44.8 Å². The van der Waals surface area contributed by atoms with E-state index in [0.717, 1.165) is 19.3 Å². The van der Waals surface area contributed by atoms with Crippen molar-refractivity contribution in [3.63, 3.8) is 0 Å². The lowest BCUT2D eigenvalue weighted by atomic mass is 10.3. The molecule has 0 aliphatic heterocycles. The maximum absolute atomic E-state index is 11.2. The molecular weight excluding hydrogens is 214 g/mol. The minimum Gasteiger partial charge on any atom is -0.378 e. The van der Waals surface area contributed by atoms with Gasteiger partial charge in [0, 0.05) is 18.4 Å². The number of hydrogen-bond acceptors (Lipinski definition) is 4. The molecule has 1 aliphatic carbocycles. The summed E-state index contributed by atoms with van der Waals surface area (Å²) in [6.07, 6.45) is 3.81. The highest BCUT2D eigenvalue weighted by Crippen LogP contribution is 2.20. The fraction of sp³-hybridized carbons (Fsp3) is 1.00. The molecule has 0 aromatic heterocycles. The Morgan fingerprint density at radius 1 is 1.40 bits per heavy atom. The van der Waals surface area contributed by atoms with Gasteiger partial charge in [0.05, 0.1) is 11.9 Å². The van der Waals surface area contributed by atoms with Gasteiger partial charge in [-0.25, -0.2) is 8.42 Å². The monoisotopic (exact) mass is 235 g/mol. The smallest absolute Gasteiger partial charge is 0.150 e. The van der Waals surface area contributed by atoms with E-state index in [-0.39, 0.29) is 23.7 Å². The van der Waals surface area contributed by atoms with Crippen LogP contribution in [0.25, 0.3) is 0 Å². The maximum Gasteiger partial charge on any atom is 0.150 e. The molecule has 2 N–H and O–H groups in total. The lowest BCUT2D eigenvalue weighted by Crippen LogP contribution is -2.18. The largest absolute Gasteiger partial charge is 0.378 e. The number of hydrogen-bond donors (Lipinski definition) is 1. The molecule has 0 saturated heterocycles. The minimum absolute atomic E-state index is 0.224. The Kier molecular flexibility index (Phi) is 5.02. The molecule has 1 fully saturated rings. The van der Waals surface area contributed by atoms with Gasteiger partial charge in [0.15, 0.2) is 0 Å². The second kappa shape index (κ2) is 5.82. The summed E-state index contributed by atoms with van der Waals surface area (Å²) in [5.74, 6) is 0.462. The molecule has 0 heterocycles. The van der Waals surface area contributed by atoms with E-state index in [1.807, 2.05) is 0 Å². The molecule has 1 rings (SSSR count). The van der Waals surface area contributed by atoms with E-state index in [4.69, 9.17) is 10.5 Å². The summed E-state index contributed by atoms with van der Waals surface area (Å²) in [7, 11) is -2.83. The van der Waals surface area contributed by atoms with Crippen molar-refractivity contribution in [3.8, 4) is 0 Å². The van der Waals surface area contributed by atoms with Gasteiger partial charge in [-0.05, 0) is 25.7 Å². The predicted molar refractivity (Wildman–Crippen MR) is 60.5 cm³/mol. The maximum atomic E-state index is 11.2. The summed E-state index contributed by atoms with van der Waals surface area (Å²) in [4.78, 5) is 0. The Bertz CT molecular complexity index is 276. The van der Waals surface area contributed by atoms with Crippen LogP contribution >= 0.6 is 0 Å². The molecule has 15 heavy (non-hydrogen) atoms. The fourth-order valence-electron chi connectivity index (χ4n) is 1.80. The van der Waals surface area contributed by atoms with Gasteiger partial charge in [-0.15, -0.1) is 0 Å². The Balaban J connectivity index is 2.07. The van der Waals surface area contributed by atoms with Gasteiger partial charge in [0.25, 0.3) is 0 Å². The average molecular weight is 235 g/mol. The zero-order valence-electron chi connectivity index (χ0n) is 9.31. The Morgan fingerprint density at radius 3 is 2.67 bits per heavy atom.